The van der Waals surface area contributed by atoms with Gasteiger partial charge in [-0.2, -0.15) is 0 Å². The molecule has 0 unspecified atom stereocenters. The van der Waals surface area contributed by atoms with E-state index >= 15 is 0 Å². The third-order valence-electron chi connectivity index (χ3n) is 3.17. The van der Waals surface area contributed by atoms with Crippen molar-refractivity contribution in [2.75, 3.05) is 12.8 Å². The quantitative estimate of drug-likeness (QED) is 0.846. The number of hydrogen-bond acceptors (Lipinski definition) is 3. The molecule has 0 radical (unpaired) electrons. The third kappa shape index (κ3) is 3.45. The Kier molecular flexibility index (Phi) is 4.07. The van der Waals surface area contributed by atoms with Crippen LogP contribution in [0.5, 0.6) is 17.2 Å². The summed E-state index contributed by atoms with van der Waals surface area (Å²) in [6, 6.07) is 9.87. The lowest BCUT2D eigenvalue weighted by atomic mass is 9.86. The first-order valence-electron chi connectivity index (χ1n) is 6.72. The molecule has 2 aromatic rings. The molecule has 2 rings (SSSR count). The molecular weight excluding hydrogens is 269 g/mol. The van der Waals surface area contributed by atoms with Gasteiger partial charge >= 0.3 is 0 Å². The second kappa shape index (κ2) is 5.64. The minimum Gasteiger partial charge on any atom is -0.497 e. The molecule has 0 spiro atoms. The van der Waals surface area contributed by atoms with Gasteiger partial charge in [0.2, 0.25) is 0 Å². The molecule has 0 heterocycles. The summed E-state index contributed by atoms with van der Waals surface area (Å²) in [4.78, 5) is 0. The highest BCUT2D eigenvalue weighted by Crippen LogP contribution is 2.37. The zero-order chi connectivity index (χ0) is 15.6. The number of ether oxygens (including phenoxy) is 2. The van der Waals surface area contributed by atoms with Crippen molar-refractivity contribution in [2.45, 2.75) is 26.2 Å². The maximum Gasteiger partial charge on any atom is 0.167 e. The van der Waals surface area contributed by atoms with E-state index < -0.39 is 5.82 Å². The molecule has 0 saturated heterocycles. The summed E-state index contributed by atoms with van der Waals surface area (Å²) < 4.78 is 24.9. The lowest BCUT2D eigenvalue weighted by Crippen LogP contribution is -2.13. The Morgan fingerprint density at radius 3 is 2.24 bits per heavy atom. The maximum atomic E-state index is 13.9. The predicted molar refractivity (Wildman–Crippen MR) is 82.6 cm³/mol. The first kappa shape index (κ1) is 15.2. The number of nitrogens with two attached hydrogens (primary N) is 1. The minimum absolute atomic E-state index is 0.153. The highest BCUT2D eigenvalue weighted by molar-refractivity contribution is 5.48. The van der Waals surface area contributed by atoms with Crippen LogP contribution < -0.4 is 15.2 Å². The van der Waals surface area contributed by atoms with Crippen LogP contribution in [0.4, 0.5) is 10.1 Å². The van der Waals surface area contributed by atoms with Gasteiger partial charge in [-0.3, -0.25) is 0 Å². The van der Waals surface area contributed by atoms with Crippen LogP contribution in [0.2, 0.25) is 0 Å². The van der Waals surface area contributed by atoms with Crippen molar-refractivity contribution in [3.63, 3.8) is 0 Å². The van der Waals surface area contributed by atoms with Crippen LogP contribution >= 0.6 is 0 Å². The summed E-state index contributed by atoms with van der Waals surface area (Å²) in [5.74, 6) is 1.02. The zero-order valence-electron chi connectivity index (χ0n) is 12.7. The van der Waals surface area contributed by atoms with Gasteiger partial charge in [0.25, 0.3) is 0 Å². The van der Waals surface area contributed by atoms with Crippen LogP contribution in [0.1, 0.15) is 26.3 Å². The molecule has 3 nitrogen and oxygen atoms in total. The summed E-state index contributed by atoms with van der Waals surface area (Å²) in [5, 5.41) is 0. The average molecular weight is 289 g/mol. The largest absolute Gasteiger partial charge is 0.497 e. The molecule has 0 atom stereocenters. The molecule has 0 bridgehead atoms. The van der Waals surface area contributed by atoms with Gasteiger partial charge in [-0.05, 0) is 35.7 Å². The lowest BCUT2D eigenvalue weighted by Gasteiger charge is -2.23. The molecule has 21 heavy (non-hydrogen) atoms. The Balaban J connectivity index is 2.44. The highest BCUT2D eigenvalue weighted by Gasteiger charge is 2.21. The monoisotopic (exact) mass is 289 g/mol. The molecule has 112 valence electrons. The number of hydrogen-bond donors (Lipinski definition) is 1. The van der Waals surface area contributed by atoms with E-state index in [1.807, 2.05) is 6.07 Å². The standard InChI is InChI=1S/C17H20FNO2/c1-17(2,3)13-10-12(20-4)6-8-15(13)21-16-7-5-11(19)9-14(16)18/h5-10H,19H2,1-4H3. The van der Waals surface area contributed by atoms with E-state index in [1.54, 1.807) is 25.3 Å². The van der Waals surface area contributed by atoms with Crippen molar-refractivity contribution in [1.29, 1.82) is 0 Å². The fourth-order valence-electron chi connectivity index (χ4n) is 2.03. The molecule has 0 aliphatic rings. The van der Waals surface area contributed by atoms with Crippen molar-refractivity contribution in [2.24, 2.45) is 0 Å². The number of rotatable bonds is 3. The van der Waals surface area contributed by atoms with Gasteiger partial charge in [-0.15, -0.1) is 0 Å². The third-order valence-corrected chi connectivity index (χ3v) is 3.17. The van der Waals surface area contributed by atoms with Crippen molar-refractivity contribution >= 4 is 5.69 Å². The topological polar surface area (TPSA) is 44.5 Å². The van der Waals surface area contributed by atoms with Crippen molar-refractivity contribution in [3.8, 4) is 17.2 Å². The Hall–Kier alpha value is -2.23. The molecule has 2 aromatic carbocycles. The fraction of sp³-hybridized carbons (Fsp3) is 0.294. The number of nitrogen functional groups attached to an aromatic ring is 1. The molecule has 0 aromatic heterocycles. The number of methoxy groups -OCH3 is 1. The van der Waals surface area contributed by atoms with Crippen molar-refractivity contribution in [3.05, 3.63) is 47.8 Å². The van der Waals surface area contributed by atoms with Gasteiger partial charge in [0.15, 0.2) is 11.6 Å². The molecule has 2 N–H and O–H groups in total. The average Bonchev–Trinajstić information content (AvgIpc) is 2.41. The molecule has 0 saturated carbocycles. The van der Waals surface area contributed by atoms with Crippen LogP contribution in [-0.4, -0.2) is 7.11 Å². The molecular formula is C17H20FNO2. The van der Waals surface area contributed by atoms with Gasteiger partial charge in [0.1, 0.15) is 11.5 Å². The minimum atomic E-state index is -0.481. The SMILES string of the molecule is COc1ccc(Oc2ccc(N)cc2F)c(C(C)(C)C)c1. The molecule has 4 heteroatoms. The van der Waals surface area contributed by atoms with Crippen LogP contribution in [-0.2, 0) is 5.41 Å². The molecule has 0 amide bonds. The van der Waals surface area contributed by atoms with E-state index in [0.29, 0.717) is 11.4 Å². The van der Waals surface area contributed by atoms with Crippen LogP contribution in [0, 0.1) is 5.82 Å². The van der Waals surface area contributed by atoms with Gasteiger partial charge < -0.3 is 15.2 Å². The first-order valence-corrected chi connectivity index (χ1v) is 6.72. The van der Waals surface area contributed by atoms with E-state index in [4.69, 9.17) is 15.2 Å². The summed E-state index contributed by atoms with van der Waals surface area (Å²) in [5.41, 5.74) is 6.70. The number of benzene rings is 2. The first-order chi connectivity index (χ1) is 9.81. The Morgan fingerprint density at radius 1 is 1.00 bits per heavy atom. The predicted octanol–water partition coefficient (Wildman–Crippen LogP) is 4.51. The highest BCUT2D eigenvalue weighted by atomic mass is 19.1. The zero-order valence-corrected chi connectivity index (χ0v) is 12.7. The smallest absolute Gasteiger partial charge is 0.167 e. The van der Waals surface area contributed by atoms with Crippen molar-refractivity contribution in [1.82, 2.24) is 0 Å². The second-order valence-electron chi connectivity index (χ2n) is 5.90. The van der Waals surface area contributed by atoms with E-state index in [9.17, 15) is 4.39 Å². The van der Waals surface area contributed by atoms with Crippen LogP contribution in [0.25, 0.3) is 0 Å². The normalized spacial score (nSPS) is 11.3. The Morgan fingerprint density at radius 2 is 1.67 bits per heavy atom. The summed E-state index contributed by atoms with van der Waals surface area (Å²) >= 11 is 0. The Labute approximate surface area is 124 Å². The van der Waals surface area contributed by atoms with E-state index in [-0.39, 0.29) is 11.2 Å². The summed E-state index contributed by atoms with van der Waals surface area (Å²) in [6.07, 6.45) is 0. The van der Waals surface area contributed by atoms with Crippen molar-refractivity contribution < 1.29 is 13.9 Å². The van der Waals surface area contributed by atoms with Crippen LogP contribution in [0.3, 0.4) is 0 Å². The molecule has 0 aliphatic carbocycles. The second-order valence-corrected chi connectivity index (χ2v) is 5.90. The Bertz CT molecular complexity index is 648. The van der Waals surface area contributed by atoms with Gasteiger partial charge in [-0.1, -0.05) is 20.8 Å². The summed E-state index contributed by atoms with van der Waals surface area (Å²) in [6.45, 7) is 6.19. The lowest BCUT2D eigenvalue weighted by molar-refractivity contribution is 0.403. The number of halogens is 1. The van der Waals surface area contributed by atoms with Crippen LogP contribution in [0.15, 0.2) is 36.4 Å². The van der Waals surface area contributed by atoms with E-state index in [0.717, 1.165) is 11.3 Å². The van der Waals surface area contributed by atoms with E-state index in [2.05, 4.69) is 20.8 Å². The van der Waals surface area contributed by atoms with Gasteiger partial charge in [0.05, 0.1) is 7.11 Å². The van der Waals surface area contributed by atoms with Gasteiger partial charge in [0, 0.05) is 17.3 Å². The fourth-order valence-corrected chi connectivity index (χ4v) is 2.03. The maximum absolute atomic E-state index is 13.9. The molecule has 0 fully saturated rings. The number of anilines is 1. The summed E-state index contributed by atoms with van der Waals surface area (Å²) in [7, 11) is 1.61. The van der Waals surface area contributed by atoms with E-state index in [1.165, 1.54) is 12.1 Å². The molecule has 0 aliphatic heterocycles. The van der Waals surface area contributed by atoms with Gasteiger partial charge in [-0.25, -0.2) is 4.39 Å².